The number of benzene rings is 1. The summed E-state index contributed by atoms with van der Waals surface area (Å²) in [6.07, 6.45) is 8.37. The molecule has 24 heavy (non-hydrogen) atoms. The third-order valence-electron chi connectivity index (χ3n) is 4.90. The Kier molecular flexibility index (Phi) is 5.14. The monoisotopic (exact) mass is 325 g/mol. The van der Waals surface area contributed by atoms with Crippen molar-refractivity contribution in [2.45, 2.75) is 19.3 Å². The smallest absolute Gasteiger partial charge is 0.334 e. The van der Waals surface area contributed by atoms with Crippen LogP contribution in [0.15, 0.2) is 48.1 Å². The largest absolute Gasteiger partial charge is 0.466 e. The molecule has 1 aromatic carbocycles. The molecule has 0 saturated carbocycles. The third kappa shape index (κ3) is 3.75. The molecule has 0 aromatic heterocycles. The Hall–Kier alpha value is -2.36. The molecule has 1 aliphatic carbocycles. The van der Waals surface area contributed by atoms with Crippen molar-refractivity contribution >= 4 is 18.0 Å². The van der Waals surface area contributed by atoms with E-state index in [0.29, 0.717) is 17.4 Å². The zero-order chi connectivity index (χ0) is 16.9. The number of hydrogen-bond acceptors (Lipinski definition) is 3. The van der Waals surface area contributed by atoms with Gasteiger partial charge in [0.25, 0.3) is 0 Å². The quantitative estimate of drug-likeness (QED) is 0.485. The molecule has 4 heteroatoms. The first-order chi connectivity index (χ1) is 11.7. The lowest BCUT2D eigenvalue weighted by Gasteiger charge is -2.17. The topological polar surface area (TPSA) is 46.6 Å². The van der Waals surface area contributed by atoms with Crippen molar-refractivity contribution < 1.29 is 14.3 Å². The number of carbonyl (C=O) groups is 2. The number of nitrogens with zero attached hydrogens (tertiary/aromatic N) is 1. The number of hydrogen-bond donors (Lipinski definition) is 0. The van der Waals surface area contributed by atoms with Gasteiger partial charge in [0.2, 0.25) is 5.91 Å². The number of fused-ring (bicyclic) bond motifs is 1. The molecule has 0 N–H and O–H groups in total. The predicted molar refractivity (Wildman–Crippen MR) is 93.0 cm³/mol. The summed E-state index contributed by atoms with van der Waals surface area (Å²) in [5.41, 5.74) is 1.30. The van der Waals surface area contributed by atoms with Gasteiger partial charge in [-0.1, -0.05) is 42.5 Å². The number of rotatable bonds is 4. The van der Waals surface area contributed by atoms with E-state index in [-0.39, 0.29) is 12.3 Å². The predicted octanol–water partition coefficient (Wildman–Crippen LogP) is 3.06. The second-order valence-electron chi connectivity index (χ2n) is 6.51. The van der Waals surface area contributed by atoms with Gasteiger partial charge >= 0.3 is 5.97 Å². The van der Waals surface area contributed by atoms with Crippen LogP contribution in [0.2, 0.25) is 0 Å². The molecule has 1 heterocycles. The van der Waals surface area contributed by atoms with Gasteiger partial charge < -0.3 is 9.64 Å². The lowest BCUT2D eigenvalue weighted by Crippen LogP contribution is -2.30. The van der Waals surface area contributed by atoms with Gasteiger partial charge in [0.1, 0.15) is 0 Å². The second kappa shape index (κ2) is 7.47. The third-order valence-corrected chi connectivity index (χ3v) is 4.90. The number of amides is 1. The number of esters is 1. The van der Waals surface area contributed by atoms with Crippen LogP contribution in [0.3, 0.4) is 0 Å². The van der Waals surface area contributed by atoms with E-state index in [1.807, 2.05) is 35.2 Å². The maximum atomic E-state index is 12.7. The van der Waals surface area contributed by atoms with Crippen molar-refractivity contribution in [1.29, 1.82) is 0 Å². The molecule has 3 rings (SSSR count). The molecule has 0 bridgehead atoms. The van der Waals surface area contributed by atoms with Crippen LogP contribution in [0.4, 0.5) is 0 Å². The van der Waals surface area contributed by atoms with Crippen molar-refractivity contribution in [2.75, 3.05) is 20.2 Å². The lowest BCUT2D eigenvalue weighted by atomic mass is 9.86. The standard InChI is InChI=1S/C20H23NO3/c1-24-20(23)18(11-15-7-3-2-4-8-15)12-19(22)21-13-16-9-5-6-10-17(16)14-21/h2-8,11,16-17H,9-10,12-14H2,1H3/b18-11+/t16-,17+. The van der Waals surface area contributed by atoms with Crippen LogP contribution in [-0.2, 0) is 14.3 Å². The van der Waals surface area contributed by atoms with Crippen molar-refractivity contribution in [2.24, 2.45) is 11.8 Å². The van der Waals surface area contributed by atoms with Crippen molar-refractivity contribution in [3.63, 3.8) is 0 Å². The fourth-order valence-electron chi connectivity index (χ4n) is 3.56. The summed E-state index contributed by atoms with van der Waals surface area (Å²) < 4.78 is 4.85. The number of methoxy groups -OCH3 is 1. The van der Waals surface area contributed by atoms with Crippen LogP contribution in [0.1, 0.15) is 24.8 Å². The van der Waals surface area contributed by atoms with Crippen LogP contribution in [0.5, 0.6) is 0 Å². The maximum absolute atomic E-state index is 12.7. The van der Waals surface area contributed by atoms with Gasteiger partial charge in [-0.15, -0.1) is 0 Å². The fourth-order valence-corrected chi connectivity index (χ4v) is 3.56. The Morgan fingerprint density at radius 3 is 2.33 bits per heavy atom. The lowest BCUT2D eigenvalue weighted by molar-refractivity contribution is -0.138. The molecule has 1 fully saturated rings. The van der Waals surface area contributed by atoms with E-state index in [0.717, 1.165) is 31.5 Å². The van der Waals surface area contributed by atoms with Crippen molar-refractivity contribution in [1.82, 2.24) is 4.90 Å². The first-order valence-electron chi connectivity index (χ1n) is 8.44. The van der Waals surface area contributed by atoms with Gasteiger partial charge in [-0.25, -0.2) is 4.79 Å². The summed E-state index contributed by atoms with van der Waals surface area (Å²) in [4.78, 5) is 26.6. The summed E-state index contributed by atoms with van der Waals surface area (Å²) in [6.45, 7) is 1.60. The minimum absolute atomic E-state index is 0.0111. The van der Waals surface area contributed by atoms with Crippen LogP contribution < -0.4 is 0 Å². The van der Waals surface area contributed by atoms with Gasteiger partial charge in [0, 0.05) is 18.7 Å². The molecule has 1 saturated heterocycles. The molecule has 0 spiro atoms. The van der Waals surface area contributed by atoms with E-state index in [1.54, 1.807) is 6.08 Å². The van der Waals surface area contributed by atoms with Crippen LogP contribution in [0, 0.1) is 11.8 Å². The Morgan fingerprint density at radius 1 is 1.12 bits per heavy atom. The Balaban J connectivity index is 1.70. The normalized spacial score (nSPS) is 23.0. The van der Waals surface area contributed by atoms with E-state index in [9.17, 15) is 9.59 Å². The number of likely N-dealkylation sites (tertiary alicyclic amines) is 1. The summed E-state index contributed by atoms with van der Waals surface area (Å²) in [5.74, 6) is 0.708. The molecule has 1 aliphatic heterocycles. The first-order valence-corrected chi connectivity index (χ1v) is 8.44. The van der Waals surface area contributed by atoms with E-state index < -0.39 is 5.97 Å². The van der Waals surface area contributed by atoms with Gasteiger partial charge in [-0.05, 0) is 36.3 Å². The van der Waals surface area contributed by atoms with E-state index in [2.05, 4.69) is 12.2 Å². The molecular formula is C20H23NO3. The maximum Gasteiger partial charge on any atom is 0.334 e. The second-order valence-corrected chi connectivity index (χ2v) is 6.51. The van der Waals surface area contributed by atoms with Crippen LogP contribution in [-0.4, -0.2) is 37.0 Å². The molecule has 4 nitrogen and oxygen atoms in total. The van der Waals surface area contributed by atoms with Crippen LogP contribution >= 0.6 is 0 Å². The molecule has 2 aliphatic rings. The van der Waals surface area contributed by atoms with Gasteiger partial charge in [-0.2, -0.15) is 0 Å². The minimum Gasteiger partial charge on any atom is -0.466 e. The van der Waals surface area contributed by atoms with E-state index >= 15 is 0 Å². The van der Waals surface area contributed by atoms with E-state index in [4.69, 9.17) is 4.74 Å². The summed E-state index contributed by atoms with van der Waals surface area (Å²) >= 11 is 0. The highest BCUT2D eigenvalue weighted by atomic mass is 16.5. The zero-order valence-corrected chi connectivity index (χ0v) is 14.0. The molecule has 2 atom stereocenters. The molecule has 1 amide bonds. The summed E-state index contributed by atoms with van der Waals surface area (Å²) in [6, 6.07) is 9.54. The fraction of sp³-hybridized carbons (Fsp3) is 0.400. The van der Waals surface area contributed by atoms with Gasteiger partial charge in [-0.3, -0.25) is 4.79 Å². The molecule has 1 aromatic rings. The van der Waals surface area contributed by atoms with E-state index in [1.165, 1.54) is 7.11 Å². The molecule has 126 valence electrons. The average Bonchev–Trinajstić information content (AvgIpc) is 3.05. The van der Waals surface area contributed by atoms with Gasteiger partial charge in [0.15, 0.2) is 0 Å². The van der Waals surface area contributed by atoms with Crippen LogP contribution in [0.25, 0.3) is 6.08 Å². The summed E-state index contributed by atoms with van der Waals surface area (Å²) in [5, 5.41) is 0. The molecular weight excluding hydrogens is 302 g/mol. The highest BCUT2D eigenvalue weighted by Gasteiger charge is 2.35. The number of carbonyl (C=O) groups excluding carboxylic acids is 2. The Morgan fingerprint density at radius 2 is 1.75 bits per heavy atom. The number of ether oxygens (including phenoxy) is 1. The average molecular weight is 325 g/mol. The highest BCUT2D eigenvalue weighted by molar-refractivity contribution is 5.99. The molecule has 0 radical (unpaired) electrons. The first kappa shape index (κ1) is 16.5. The summed E-state index contributed by atoms with van der Waals surface area (Å²) in [7, 11) is 1.35. The number of allylic oxidation sites excluding steroid dienone is 2. The zero-order valence-electron chi connectivity index (χ0n) is 14.0. The van der Waals surface area contributed by atoms with Gasteiger partial charge in [0.05, 0.1) is 13.5 Å². The van der Waals surface area contributed by atoms with Crippen molar-refractivity contribution in [3.8, 4) is 0 Å². The SMILES string of the molecule is COC(=O)/C(=C/c1ccccc1)CC(=O)N1C[C@H]2CC=CC[C@H]2C1. The minimum atomic E-state index is -0.439. The Labute approximate surface area is 142 Å². The van der Waals surface area contributed by atoms with Crippen molar-refractivity contribution in [3.05, 3.63) is 53.6 Å². The Bertz CT molecular complexity index is 647. The highest BCUT2D eigenvalue weighted by Crippen LogP contribution is 2.33. The molecule has 0 unspecified atom stereocenters.